The fourth-order valence-corrected chi connectivity index (χ4v) is 2.19. The van der Waals surface area contributed by atoms with E-state index in [9.17, 15) is 13.5 Å². The van der Waals surface area contributed by atoms with E-state index in [1.54, 1.807) is 30.3 Å². The lowest BCUT2D eigenvalue weighted by molar-refractivity contribution is 0.445. The molecule has 2 N–H and O–H groups in total. The van der Waals surface area contributed by atoms with E-state index >= 15 is 0 Å². The smallest absolute Gasteiger partial charge is 0.298 e. The molecule has 0 aliphatic carbocycles. The number of aromatic hydroxyl groups is 1. The minimum absolute atomic E-state index is 0.362. The first kappa shape index (κ1) is 11.6. The van der Waals surface area contributed by atoms with E-state index in [0.717, 1.165) is 6.07 Å². The molecular formula is C12H10O4S. The summed E-state index contributed by atoms with van der Waals surface area (Å²) in [5.74, 6) is -0.443. The average molecular weight is 250 g/mol. The molecule has 0 unspecified atom stereocenters. The molecule has 17 heavy (non-hydrogen) atoms. The molecule has 0 aliphatic rings. The molecule has 0 saturated heterocycles. The van der Waals surface area contributed by atoms with Crippen LogP contribution >= 0.6 is 0 Å². The molecule has 0 bridgehead atoms. The fraction of sp³-hybridized carbons (Fsp3) is 0. The van der Waals surface area contributed by atoms with Crippen LogP contribution in [0.15, 0.2) is 53.4 Å². The summed E-state index contributed by atoms with van der Waals surface area (Å²) in [5, 5.41) is 9.84. The van der Waals surface area contributed by atoms with E-state index in [1.807, 2.05) is 6.07 Å². The van der Waals surface area contributed by atoms with Crippen molar-refractivity contribution in [3.05, 3.63) is 48.5 Å². The zero-order valence-corrected chi connectivity index (χ0v) is 9.55. The number of para-hydroxylation sites is 1. The number of hydrogen-bond donors (Lipinski definition) is 2. The summed E-state index contributed by atoms with van der Waals surface area (Å²) in [5.41, 5.74) is 1.04. The van der Waals surface area contributed by atoms with Crippen molar-refractivity contribution < 1.29 is 18.1 Å². The molecule has 0 atom stereocenters. The molecule has 0 aromatic heterocycles. The second kappa shape index (κ2) is 4.20. The molecule has 0 heterocycles. The van der Waals surface area contributed by atoms with Gasteiger partial charge < -0.3 is 5.11 Å². The zero-order valence-electron chi connectivity index (χ0n) is 8.74. The molecule has 0 fully saturated rings. The maximum atomic E-state index is 11.0. The number of rotatable bonds is 2. The SMILES string of the molecule is O=S(=O)(O)c1cccc(-c2ccccc2)c1O. The van der Waals surface area contributed by atoms with E-state index in [2.05, 4.69) is 0 Å². The van der Waals surface area contributed by atoms with Crippen molar-refractivity contribution in [3.63, 3.8) is 0 Å². The molecule has 0 radical (unpaired) electrons. The van der Waals surface area contributed by atoms with Gasteiger partial charge in [0.25, 0.3) is 10.1 Å². The van der Waals surface area contributed by atoms with Crippen LogP contribution in [0.3, 0.4) is 0 Å². The molecule has 0 saturated carbocycles. The van der Waals surface area contributed by atoms with Crippen molar-refractivity contribution in [2.24, 2.45) is 0 Å². The summed E-state index contributed by atoms with van der Waals surface area (Å²) in [6.45, 7) is 0. The quantitative estimate of drug-likeness (QED) is 0.802. The Morgan fingerprint density at radius 1 is 0.882 bits per heavy atom. The summed E-state index contributed by atoms with van der Waals surface area (Å²) < 4.78 is 31.0. The third-order valence-corrected chi connectivity index (χ3v) is 3.25. The lowest BCUT2D eigenvalue weighted by atomic mass is 10.1. The standard InChI is InChI=1S/C12H10O4S/c13-12-10(9-5-2-1-3-6-9)7-4-8-11(12)17(14,15)16/h1-8,13H,(H,14,15,16). The van der Waals surface area contributed by atoms with Crippen molar-refractivity contribution in [1.29, 1.82) is 0 Å². The molecule has 5 heteroatoms. The highest BCUT2D eigenvalue weighted by Crippen LogP contribution is 2.34. The maximum Gasteiger partial charge on any atom is 0.298 e. The Morgan fingerprint density at radius 2 is 1.53 bits per heavy atom. The Labute approximate surface area is 98.9 Å². The van der Waals surface area contributed by atoms with Crippen LogP contribution < -0.4 is 0 Å². The van der Waals surface area contributed by atoms with Crippen LogP contribution in [0.2, 0.25) is 0 Å². The maximum absolute atomic E-state index is 11.0. The second-order valence-electron chi connectivity index (χ2n) is 3.49. The van der Waals surface area contributed by atoms with Crippen LogP contribution in [-0.4, -0.2) is 18.1 Å². The first-order valence-corrected chi connectivity index (χ1v) is 6.29. The summed E-state index contributed by atoms with van der Waals surface area (Å²) >= 11 is 0. The number of phenols is 1. The first-order chi connectivity index (χ1) is 8.00. The third-order valence-electron chi connectivity index (χ3n) is 2.36. The number of phenolic OH excluding ortho intramolecular Hbond substituents is 1. The van der Waals surface area contributed by atoms with Crippen molar-refractivity contribution in [3.8, 4) is 16.9 Å². The highest BCUT2D eigenvalue weighted by Gasteiger charge is 2.18. The van der Waals surface area contributed by atoms with Gasteiger partial charge in [-0.25, -0.2) is 0 Å². The van der Waals surface area contributed by atoms with Gasteiger partial charge in [0.15, 0.2) is 0 Å². The van der Waals surface area contributed by atoms with Gasteiger partial charge in [-0.2, -0.15) is 8.42 Å². The highest BCUT2D eigenvalue weighted by molar-refractivity contribution is 7.86. The van der Waals surface area contributed by atoms with E-state index in [4.69, 9.17) is 4.55 Å². The Morgan fingerprint density at radius 3 is 2.12 bits per heavy atom. The Hall–Kier alpha value is -1.85. The molecule has 2 rings (SSSR count). The van der Waals surface area contributed by atoms with Crippen molar-refractivity contribution in [2.75, 3.05) is 0 Å². The lowest BCUT2D eigenvalue weighted by Crippen LogP contribution is -1.98. The summed E-state index contributed by atoms with van der Waals surface area (Å²) in [6, 6.07) is 13.0. The average Bonchev–Trinajstić information content (AvgIpc) is 2.29. The Bertz CT molecular complexity index is 633. The number of hydrogen-bond acceptors (Lipinski definition) is 3. The van der Waals surface area contributed by atoms with Crippen LogP contribution in [0.25, 0.3) is 11.1 Å². The summed E-state index contributed by atoms with van der Waals surface area (Å²) in [7, 11) is -4.41. The van der Waals surface area contributed by atoms with Crippen LogP contribution in [0.5, 0.6) is 5.75 Å². The minimum atomic E-state index is -4.41. The van der Waals surface area contributed by atoms with Crippen molar-refractivity contribution in [2.45, 2.75) is 4.90 Å². The van der Waals surface area contributed by atoms with Gasteiger partial charge in [-0.1, -0.05) is 42.5 Å². The predicted octanol–water partition coefficient (Wildman–Crippen LogP) is 2.31. The van der Waals surface area contributed by atoms with Gasteiger partial charge in [-0.05, 0) is 11.6 Å². The van der Waals surface area contributed by atoms with Crippen LogP contribution in [0.4, 0.5) is 0 Å². The van der Waals surface area contributed by atoms with Gasteiger partial charge in [0.2, 0.25) is 0 Å². The van der Waals surface area contributed by atoms with Crippen molar-refractivity contribution in [1.82, 2.24) is 0 Å². The molecule has 0 spiro atoms. The molecule has 2 aromatic carbocycles. The lowest BCUT2D eigenvalue weighted by Gasteiger charge is -2.07. The van der Waals surface area contributed by atoms with E-state index in [1.165, 1.54) is 6.07 Å². The molecule has 4 nitrogen and oxygen atoms in total. The van der Waals surface area contributed by atoms with Crippen LogP contribution in [-0.2, 0) is 10.1 Å². The molecule has 88 valence electrons. The Balaban J connectivity index is 2.67. The van der Waals surface area contributed by atoms with Gasteiger partial charge in [0, 0.05) is 5.56 Å². The fourth-order valence-electron chi connectivity index (χ4n) is 1.58. The van der Waals surface area contributed by atoms with Crippen molar-refractivity contribution >= 4 is 10.1 Å². The normalized spacial score (nSPS) is 11.4. The van der Waals surface area contributed by atoms with Gasteiger partial charge in [0.05, 0.1) is 0 Å². The van der Waals surface area contributed by atoms with Gasteiger partial charge in [-0.15, -0.1) is 0 Å². The van der Waals surface area contributed by atoms with Crippen LogP contribution in [0.1, 0.15) is 0 Å². The molecular weight excluding hydrogens is 240 g/mol. The molecule has 0 amide bonds. The second-order valence-corrected chi connectivity index (χ2v) is 4.88. The minimum Gasteiger partial charge on any atom is -0.506 e. The van der Waals surface area contributed by atoms with E-state index in [-0.39, 0.29) is 0 Å². The largest absolute Gasteiger partial charge is 0.506 e. The molecule has 2 aromatic rings. The highest BCUT2D eigenvalue weighted by atomic mass is 32.2. The predicted molar refractivity (Wildman–Crippen MR) is 63.4 cm³/mol. The third kappa shape index (κ3) is 2.30. The zero-order chi connectivity index (χ0) is 12.5. The summed E-state index contributed by atoms with van der Waals surface area (Å²) in [6.07, 6.45) is 0. The monoisotopic (exact) mass is 250 g/mol. The van der Waals surface area contributed by atoms with Crippen LogP contribution in [0, 0.1) is 0 Å². The van der Waals surface area contributed by atoms with E-state index < -0.39 is 20.8 Å². The Kier molecular flexibility index (Phi) is 2.87. The summed E-state index contributed by atoms with van der Waals surface area (Å²) in [4.78, 5) is -0.487. The van der Waals surface area contributed by atoms with E-state index in [0.29, 0.717) is 11.1 Å². The topological polar surface area (TPSA) is 74.6 Å². The van der Waals surface area contributed by atoms with Gasteiger partial charge >= 0.3 is 0 Å². The number of benzene rings is 2. The van der Waals surface area contributed by atoms with Gasteiger partial charge in [0.1, 0.15) is 10.6 Å². The molecule has 0 aliphatic heterocycles. The van der Waals surface area contributed by atoms with Gasteiger partial charge in [-0.3, -0.25) is 4.55 Å². The first-order valence-electron chi connectivity index (χ1n) is 4.85.